The maximum atomic E-state index is 14.0. The van der Waals surface area contributed by atoms with Crippen molar-refractivity contribution in [3.63, 3.8) is 0 Å². The van der Waals surface area contributed by atoms with Crippen LogP contribution in [0.15, 0.2) is 41.2 Å². The van der Waals surface area contributed by atoms with Crippen LogP contribution >= 0.6 is 0 Å². The number of imidazole rings is 1. The van der Waals surface area contributed by atoms with Crippen LogP contribution in [-0.4, -0.2) is 45.1 Å². The molecule has 2 aromatic carbocycles. The van der Waals surface area contributed by atoms with E-state index in [9.17, 15) is 32.3 Å². The van der Waals surface area contributed by atoms with Gasteiger partial charge >= 0.3 is 23.9 Å². The summed E-state index contributed by atoms with van der Waals surface area (Å²) in [5.41, 5.74) is 0.758. The molecule has 3 amide bonds. The molecule has 1 aliphatic heterocycles. The van der Waals surface area contributed by atoms with Crippen LogP contribution < -0.4 is 10.6 Å². The Morgan fingerprint density at radius 1 is 1.10 bits per heavy atom. The molecule has 0 N–H and O–H groups in total. The third-order valence-electron chi connectivity index (χ3n) is 7.67. The Bertz CT molecular complexity index is 1590. The summed E-state index contributed by atoms with van der Waals surface area (Å²) in [6, 6.07) is 6.75. The lowest BCUT2D eigenvalue weighted by Crippen LogP contribution is -2.59. The summed E-state index contributed by atoms with van der Waals surface area (Å²) in [5.74, 6) is -3.00. The molecule has 40 heavy (non-hydrogen) atoms. The van der Waals surface area contributed by atoms with Gasteiger partial charge in [0.1, 0.15) is 0 Å². The number of alkyl halides is 3. The van der Waals surface area contributed by atoms with Gasteiger partial charge in [0.2, 0.25) is 5.91 Å². The van der Waals surface area contributed by atoms with Crippen molar-refractivity contribution in [2.45, 2.75) is 51.9 Å². The summed E-state index contributed by atoms with van der Waals surface area (Å²) in [6.45, 7) is 4.99. The lowest BCUT2D eigenvalue weighted by molar-refractivity contribution is -0.155. The van der Waals surface area contributed by atoms with E-state index < -0.39 is 41.6 Å². The molecule has 2 aliphatic rings. The monoisotopic (exact) mass is 558 g/mol. The standard InChI is InChI=1S/C28H29F3N4O5/c1-5-40-25(37)19-14-33(16-9-11-22-23(13-16)34(15(2)3)26(38)32(22)4)27(39)35(24(19)36)21-12-10-17-18(21)7-6-8-20(17)28(29,30)31/h6-9,11,13,15,19,21H,5,10,12,14H2,1-4H3/t19?,21-/m1/s1. The zero-order valence-electron chi connectivity index (χ0n) is 22.5. The van der Waals surface area contributed by atoms with E-state index in [0.29, 0.717) is 16.7 Å². The Hall–Kier alpha value is -4.09. The first-order valence-corrected chi connectivity index (χ1v) is 13.1. The number of carbonyl (C=O) groups excluding carboxylic acids is 3. The van der Waals surface area contributed by atoms with Gasteiger partial charge in [-0.3, -0.25) is 28.5 Å². The smallest absolute Gasteiger partial charge is 0.416 e. The van der Waals surface area contributed by atoms with Crippen molar-refractivity contribution < 1.29 is 32.3 Å². The van der Waals surface area contributed by atoms with Crippen LogP contribution in [0.3, 0.4) is 0 Å². The zero-order valence-corrected chi connectivity index (χ0v) is 22.5. The van der Waals surface area contributed by atoms with Gasteiger partial charge in [-0.15, -0.1) is 0 Å². The van der Waals surface area contributed by atoms with Crippen molar-refractivity contribution in [1.29, 1.82) is 0 Å². The molecule has 0 bridgehead atoms. The predicted octanol–water partition coefficient (Wildman–Crippen LogP) is 4.58. The van der Waals surface area contributed by atoms with Gasteiger partial charge < -0.3 is 4.74 Å². The largest absolute Gasteiger partial charge is 0.465 e. The number of nitrogens with zero attached hydrogens (tertiary/aromatic N) is 4. The highest BCUT2D eigenvalue weighted by atomic mass is 19.4. The van der Waals surface area contributed by atoms with Crippen molar-refractivity contribution in [1.82, 2.24) is 14.0 Å². The van der Waals surface area contributed by atoms with Gasteiger partial charge in [0.15, 0.2) is 5.92 Å². The topological polar surface area (TPSA) is 93.8 Å². The van der Waals surface area contributed by atoms with Gasteiger partial charge in [0.05, 0.1) is 35.8 Å². The third kappa shape index (κ3) is 4.25. The number of aromatic nitrogens is 2. The number of benzene rings is 2. The minimum absolute atomic E-state index is 0.00834. The van der Waals surface area contributed by atoms with E-state index in [1.807, 2.05) is 13.8 Å². The van der Waals surface area contributed by atoms with Crippen LogP contribution in [0.25, 0.3) is 11.0 Å². The van der Waals surface area contributed by atoms with Crippen molar-refractivity contribution in [2.75, 3.05) is 18.1 Å². The molecule has 12 heteroatoms. The molecule has 0 spiro atoms. The molecule has 0 radical (unpaired) electrons. The summed E-state index contributed by atoms with van der Waals surface area (Å²) in [6.07, 6.45) is -4.48. The van der Waals surface area contributed by atoms with E-state index in [2.05, 4.69) is 0 Å². The summed E-state index contributed by atoms with van der Waals surface area (Å²) in [7, 11) is 1.64. The third-order valence-corrected chi connectivity index (χ3v) is 7.67. The van der Waals surface area contributed by atoms with Crippen LogP contribution in [0.4, 0.5) is 23.7 Å². The molecule has 2 atom stereocenters. The fourth-order valence-electron chi connectivity index (χ4n) is 5.84. The lowest BCUT2D eigenvalue weighted by atomic mass is 9.98. The second-order valence-corrected chi connectivity index (χ2v) is 10.3. The van der Waals surface area contributed by atoms with E-state index >= 15 is 0 Å². The molecule has 1 aliphatic carbocycles. The quantitative estimate of drug-likeness (QED) is 0.338. The molecule has 1 saturated heterocycles. The number of rotatable bonds is 5. The number of aryl methyl sites for hydroxylation is 1. The fourth-order valence-corrected chi connectivity index (χ4v) is 5.84. The number of hydrogen-bond donors (Lipinski definition) is 0. The van der Waals surface area contributed by atoms with E-state index in [0.717, 1.165) is 11.0 Å². The molecule has 2 heterocycles. The lowest BCUT2D eigenvalue weighted by Gasteiger charge is -2.40. The number of urea groups is 1. The van der Waals surface area contributed by atoms with Gasteiger partial charge in [-0.25, -0.2) is 9.59 Å². The molecule has 3 aromatic rings. The van der Waals surface area contributed by atoms with Crippen LogP contribution in [-0.2, 0) is 34.0 Å². The number of carbonyl (C=O) groups is 3. The van der Waals surface area contributed by atoms with Crippen molar-refractivity contribution in [3.8, 4) is 0 Å². The molecule has 5 rings (SSSR count). The second kappa shape index (κ2) is 9.83. The molecule has 1 fully saturated rings. The number of fused-ring (bicyclic) bond motifs is 2. The first-order valence-electron chi connectivity index (χ1n) is 13.1. The Morgan fingerprint density at radius 2 is 1.82 bits per heavy atom. The van der Waals surface area contributed by atoms with Gasteiger partial charge in [-0.1, -0.05) is 12.1 Å². The number of anilines is 1. The van der Waals surface area contributed by atoms with Crippen LogP contribution in [0, 0.1) is 5.92 Å². The first kappa shape index (κ1) is 27.5. The van der Waals surface area contributed by atoms with Crippen molar-refractivity contribution in [2.24, 2.45) is 13.0 Å². The maximum Gasteiger partial charge on any atom is 0.416 e. The highest BCUT2D eigenvalue weighted by Gasteiger charge is 2.49. The van der Waals surface area contributed by atoms with Gasteiger partial charge in [0, 0.05) is 18.8 Å². The second-order valence-electron chi connectivity index (χ2n) is 10.3. The number of imide groups is 1. The molecular formula is C28H29F3N4O5. The Kier molecular flexibility index (Phi) is 6.75. The number of hydrogen-bond acceptors (Lipinski definition) is 5. The summed E-state index contributed by atoms with van der Waals surface area (Å²) >= 11 is 0. The normalized spacial score (nSPS) is 19.6. The van der Waals surface area contributed by atoms with Gasteiger partial charge in [-0.05, 0) is 69.0 Å². The first-order chi connectivity index (χ1) is 18.9. The van der Waals surface area contributed by atoms with Crippen molar-refractivity contribution >= 4 is 34.6 Å². The molecule has 9 nitrogen and oxygen atoms in total. The van der Waals surface area contributed by atoms with Crippen LogP contribution in [0.5, 0.6) is 0 Å². The maximum absolute atomic E-state index is 14.0. The Labute approximate surface area is 227 Å². The average molecular weight is 559 g/mol. The number of halogens is 3. The molecule has 1 unspecified atom stereocenters. The fraction of sp³-hybridized carbons (Fsp3) is 0.429. The number of esters is 1. The van der Waals surface area contributed by atoms with E-state index in [4.69, 9.17) is 4.74 Å². The molecule has 212 valence electrons. The Balaban J connectivity index is 1.62. The van der Waals surface area contributed by atoms with Gasteiger partial charge in [0.25, 0.3) is 0 Å². The highest BCUT2D eigenvalue weighted by molar-refractivity contribution is 6.13. The van der Waals surface area contributed by atoms with E-state index in [1.165, 1.54) is 21.6 Å². The molecular weight excluding hydrogens is 529 g/mol. The van der Waals surface area contributed by atoms with E-state index in [-0.39, 0.29) is 48.9 Å². The van der Waals surface area contributed by atoms with Crippen LogP contribution in [0.2, 0.25) is 0 Å². The van der Waals surface area contributed by atoms with Crippen LogP contribution in [0.1, 0.15) is 56.0 Å². The average Bonchev–Trinajstić information content (AvgIpc) is 3.42. The molecule has 1 aromatic heterocycles. The minimum Gasteiger partial charge on any atom is -0.465 e. The Morgan fingerprint density at radius 3 is 2.48 bits per heavy atom. The van der Waals surface area contributed by atoms with E-state index in [1.54, 1.807) is 36.7 Å². The molecule has 0 saturated carbocycles. The minimum atomic E-state index is -4.59. The summed E-state index contributed by atoms with van der Waals surface area (Å²) in [5, 5.41) is 0. The van der Waals surface area contributed by atoms with Crippen molar-refractivity contribution in [3.05, 3.63) is 63.6 Å². The summed E-state index contributed by atoms with van der Waals surface area (Å²) < 4.78 is 49.3. The van der Waals surface area contributed by atoms with Gasteiger partial charge in [-0.2, -0.15) is 13.2 Å². The number of ether oxygens (including phenoxy) is 1. The summed E-state index contributed by atoms with van der Waals surface area (Å²) in [4.78, 5) is 55.4. The number of amides is 3. The highest BCUT2D eigenvalue weighted by Crippen LogP contribution is 2.44. The SMILES string of the molecule is CCOC(=O)C1CN(c2ccc3c(c2)n(C(C)C)c(=O)n3C)C(=O)N([C@@H]2CCc3c2cccc3C(F)(F)F)C1=O. The predicted molar refractivity (Wildman–Crippen MR) is 140 cm³/mol. The zero-order chi connectivity index (χ0) is 29.1.